The van der Waals surface area contributed by atoms with Gasteiger partial charge in [-0.25, -0.2) is 0 Å². The summed E-state index contributed by atoms with van der Waals surface area (Å²) >= 11 is 11.9. The number of anilines is 1. The van der Waals surface area contributed by atoms with E-state index in [1.165, 1.54) is 6.07 Å². The predicted molar refractivity (Wildman–Crippen MR) is 92.7 cm³/mol. The smallest absolute Gasteiger partial charge is 0.257 e. The Bertz CT molecular complexity index is 897. The summed E-state index contributed by atoms with van der Waals surface area (Å²) in [6, 6.07) is 12.1. The highest BCUT2D eigenvalue weighted by Gasteiger charge is 2.12. The average Bonchev–Trinajstić information content (AvgIpc) is 2.56. The highest BCUT2D eigenvalue weighted by atomic mass is 35.5. The van der Waals surface area contributed by atoms with E-state index in [0.29, 0.717) is 21.3 Å². The number of ether oxygens (including phenoxy) is 1. The molecule has 0 aliphatic rings. The highest BCUT2D eigenvalue weighted by molar-refractivity contribution is 6.36. The maximum atomic E-state index is 12.3. The van der Waals surface area contributed by atoms with Gasteiger partial charge in [0.05, 0.1) is 35.1 Å². The lowest BCUT2D eigenvalue weighted by molar-refractivity contribution is 0.102. The molecular formula is C17H12Cl2N2O2. The van der Waals surface area contributed by atoms with Crippen LogP contribution in [-0.2, 0) is 0 Å². The Labute approximate surface area is 143 Å². The average molecular weight is 347 g/mol. The van der Waals surface area contributed by atoms with E-state index in [-0.39, 0.29) is 5.91 Å². The van der Waals surface area contributed by atoms with Crippen LogP contribution in [-0.4, -0.2) is 18.0 Å². The third kappa shape index (κ3) is 3.38. The number of carbonyl (C=O) groups is 1. The number of hydrogen-bond acceptors (Lipinski definition) is 3. The zero-order chi connectivity index (χ0) is 16.4. The molecule has 116 valence electrons. The molecule has 4 nitrogen and oxygen atoms in total. The molecule has 2 aromatic carbocycles. The molecule has 1 aromatic heterocycles. The zero-order valence-electron chi connectivity index (χ0n) is 12.1. The molecule has 3 aromatic rings. The minimum atomic E-state index is -0.341. The molecule has 0 unspecified atom stereocenters. The van der Waals surface area contributed by atoms with E-state index in [9.17, 15) is 4.79 Å². The lowest BCUT2D eigenvalue weighted by Crippen LogP contribution is -2.12. The van der Waals surface area contributed by atoms with Crippen LogP contribution >= 0.6 is 23.2 Å². The first-order chi connectivity index (χ1) is 11.1. The van der Waals surface area contributed by atoms with Gasteiger partial charge >= 0.3 is 0 Å². The fourth-order valence-corrected chi connectivity index (χ4v) is 2.54. The van der Waals surface area contributed by atoms with E-state index in [2.05, 4.69) is 10.3 Å². The zero-order valence-corrected chi connectivity index (χ0v) is 13.7. The minimum Gasteiger partial charge on any atom is -0.497 e. The third-order valence-electron chi connectivity index (χ3n) is 3.32. The van der Waals surface area contributed by atoms with Crippen molar-refractivity contribution in [3.63, 3.8) is 0 Å². The highest BCUT2D eigenvalue weighted by Crippen LogP contribution is 2.24. The van der Waals surface area contributed by atoms with Gasteiger partial charge in [0.1, 0.15) is 5.75 Å². The lowest BCUT2D eigenvalue weighted by atomic mass is 10.2. The van der Waals surface area contributed by atoms with Crippen molar-refractivity contribution in [2.45, 2.75) is 0 Å². The molecular weight excluding hydrogens is 335 g/mol. The number of nitrogens with zero attached hydrogens (tertiary/aromatic N) is 1. The molecule has 1 heterocycles. The Morgan fingerprint density at radius 1 is 1.13 bits per heavy atom. The van der Waals surface area contributed by atoms with Crippen LogP contribution in [0, 0.1) is 0 Å². The summed E-state index contributed by atoms with van der Waals surface area (Å²) in [4.78, 5) is 16.6. The molecule has 0 saturated carbocycles. The van der Waals surface area contributed by atoms with Crippen molar-refractivity contribution in [3.8, 4) is 5.75 Å². The van der Waals surface area contributed by atoms with Crippen LogP contribution in [0.3, 0.4) is 0 Å². The molecule has 6 heteroatoms. The summed E-state index contributed by atoms with van der Waals surface area (Å²) in [7, 11) is 1.60. The van der Waals surface area contributed by atoms with Gasteiger partial charge in [-0.05, 0) is 36.4 Å². The number of hydrogen-bond donors (Lipinski definition) is 1. The van der Waals surface area contributed by atoms with E-state index in [1.54, 1.807) is 25.4 Å². The molecule has 3 rings (SSSR count). The molecule has 0 spiro atoms. The molecule has 0 radical (unpaired) electrons. The minimum absolute atomic E-state index is 0.314. The molecule has 0 saturated heterocycles. The first-order valence-corrected chi connectivity index (χ1v) is 7.52. The number of methoxy groups -OCH3 is 1. The van der Waals surface area contributed by atoms with Crippen molar-refractivity contribution in [1.29, 1.82) is 0 Å². The van der Waals surface area contributed by atoms with Crippen LogP contribution in [0.15, 0.2) is 48.7 Å². The number of aromatic nitrogens is 1. The molecule has 1 amide bonds. The van der Waals surface area contributed by atoms with Crippen molar-refractivity contribution >= 4 is 45.7 Å². The number of rotatable bonds is 3. The number of fused-ring (bicyclic) bond motifs is 1. The second-order valence-corrected chi connectivity index (χ2v) is 5.70. The van der Waals surface area contributed by atoms with E-state index in [1.807, 2.05) is 24.3 Å². The second kappa shape index (κ2) is 6.44. The Kier molecular flexibility index (Phi) is 4.37. The van der Waals surface area contributed by atoms with E-state index >= 15 is 0 Å². The normalized spacial score (nSPS) is 10.6. The number of nitrogens with one attached hydrogen (secondary N) is 1. The van der Waals surface area contributed by atoms with Crippen LogP contribution in [0.2, 0.25) is 10.0 Å². The number of halogens is 2. The molecule has 0 aliphatic carbocycles. The summed E-state index contributed by atoms with van der Waals surface area (Å²) in [5.41, 5.74) is 1.67. The third-order valence-corrected chi connectivity index (χ3v) is 3.89. The summed E-state index contributed by atoms with van der Waals surface area (Å²) in [6.45, 7) is 0. The summed E-state index contributed by atoms with van der Waals surface area (Å²) in [6.07, 6.45) is 1.58. The lowest BCUT2D eigenvalue weighted by Gasteiger charge is -2.08. The second-order valence-electron chi connectivity index (χ2n) is 4.86. The fourth-order valence-electron chi connectivity index (χ4n) is 2.17. The first-order valence-electron chi connectivity index (χ1n) is 6.77. The van der Waals surface area contributed by atoms with Crippen LogP contribution in [0.1, 0.15) is 10.4 Å². The van der Waals surface area contributed by atoms with Crippen molar-refractivity contribution in [1.82, 2.24) is 4.98 Å². The quantitative estimate of drug-likeness (QED) is 0.740. The number of carbonyl (C=O) groups excluding carboxylic acids is 1. The molecule has 0 bridgehead atoms. The Morgan fingerprint density at radius 2 is 1.96 bits per heavy atom. The van der Waals surface area contributed by atoms with Gasteiger partial charge in [0.15, 0.2) is 0 Å². The topological polar surface area (TPSA) is 51.2 Å². The maximum absolute atomic E-state index is 12.3. The Balaban J connectivity index is 1.89. The largest absolute Gasteiger partial charge is 0.497 e. The van der Waals surface area contributed by atoms with Gasteiger partial charge in [0.25, 0.3) is 5.91 Å². The molecule has 0 aliphatic heterocycles. The molecule has 1 N–H and O–H groups in total. The monoisotopic (exact) mass is 346 g/mol. The van der Waals surface area contributed by atoms with E-state index in [4.69, 9.17) is 27.9 Å². The van der Waals surface area contributed by atoms with Crippen LogP contribution in [0.4, 0.5) is 5.69 Å². The van der Waals surface area contributed by atoms with Crippen molar-refractivity contribution in [2.75, 3.05) is 12.4 Å². The number of amides is 1. The van der Waals surface area contributed by atoms with Gasteiger partial charge in [0, 0.05) is 16.5 Å². The molecule has 23 heavy (non-hydrogen) atoms. The molecule has 0 fully saturated rings. The Morgan fingerprint density at radius 3 is 2.74 bits per heavy atom. The maximum Gasteiger partial charge on any atom is 0.257 e. The standard InChI is InChI=1S/C17H12Cl2N2O2/c1-23-13-4-2-10-6-12(9-20-16(10)8-13)21-17(22)14-7-11(18)3-5-15(14)19/h2-9H,1H3,(H,21,22). The fraction of sp³-hybridized carbons (Fsp3) is 0.0588. The first kappa shape index (κ1) is 15.6. The van der Waals surface area contributed by atoms with Gasteiger partial charge in [-0.2, -0.15) is 0 Å². The summed E-state index contributed by atoms with van der Waals surface area (Å²) in [5, 5.41) is 4.45. The molecule has 0 atom stereocenters. The van der Waals surface area contributed by atoms with Crippen LogP contribution < -0.4 is 10.1 Å². The Hall–Kier alpha value is -2.30. The number of benzene rings is 2. The van der Waals surface area contributed by atoms with Gasteiger partial charge in [-0.3, -0.25) is 9.78 Å². The van der Waals surface area contributed by atoms with Crippen LogP contribution in [0.5, 0.6) is 5.75 Å². The van der Waals surface area contributed by atoms with E-state index in [0.717, 1.165) is 16.7 Å². The van der Waals surface area contributed by atoms with Crippen molar-refractivity contribution in [2.24, 2.45) is 0 Å². The van der Waals surface area contributed by atoms with Crippen LogP contribution in [0.25, 0.3) is 10.9 Å². The predicted octanol–water partition coefficient (Wildman–Crippen LogP) is 4.80. The van der Waals surface area contributed by atoms with Crippen molar-refractivity contribution in [3.05, 3.63) is 64.3 Å². The summed E-state index contributed by atoms with van der Waals surface area (Å²) < 4.78 is 5.16. The van der Waals surface area contributed by atoms with E-state index < -0.39 is 0 Å². The number of pyridine rings is 1. The van der Waals surface area contributed by atoms with Gasteiger partial charge in [0.2, 0.25) is 0 Å². The van der Waals surface area contributed by atoms with Gasteiger partial charge in [-0.1, -0.05) is 23.2 Å². The van der Waals surface area contributed by atoms with Crippen molar-refractivity contribution < 1.29 is 9.53 Å². The summed E-state index contributed by atoms with van der Waals surface area (Å²) in [5.74, 6) is 0.389. The van der Waals surface area contributed by atoms with Gasteiger partial charge < -0.3 is 10.1 Å². The SMILES string of the molecule is COc1ccc2cc(NC(=O)c3cc(Cl)ccc3Cl)cnc2c1. The van der Waals surface area contributed by atoms with Gasteiger partial charge in [-0.15, -0.1) is 0 Å².